The number of likely N-dealkylation sites (tertiary alicyclic amines) is 1. The van der Waals surface area contributed by atoms with Gasteiger partial charge in [-0.15, -0.1) is 0 Å². The van der Waals surface area contributed by atoms with Crippen molar-refractivity contribution in [2.24, 2.45) is 5.92 Å². The summed E-state index contributed by atoms with van der Waals surface area (Å²) < 4.78 is 11.2. The summed E-state index contributed by atoms with van der Waals surface area (Å²) >= 11 is 0. The first kappa shape index (κ1) is 16.6. The topological polar surface area (TPSA) is 67.9 Å². The van der Waals surface area contributed by atoms with Gasteiger partial charge in [0.25, 0.3) is 0 Å². The largest absolute Gasteiger partial charge is 0.486 e. The Morgan fingerprint density at radius 2 is 2.00 bits per heavy atom. The Labute approximate surface area is 142 Å². The average Bonchev–Trinajstić information content (AvgIpc) is 2.91. The molecule has 2 aliphatic heterocycles. The predicted octanol–water partition coefficient (Wildman–Crippen LogP) is 1.33. The van der Waals surface area contributed by atoms with Gasteiger partial charge in [-0.3, -0.25) is 9.59 Å². The van der Waals surface area contributed by atoms with Gasteiger partial charge in [0.2, 0.25) is 11.8 Å². The monoisotopic (exact) mass is 332 g/mol. The van der Waals surface area contributed by atoms with Crippen LogP contribution in [0.25, 0.3) is 0 Å². The molecule has 2 aliphatic rings. The molecule has 0 aromatic heterocycles. The van der Waals surface area contributed by atoms with Gasteiger partial charge in [-0.25, -0.2) is 0 Å². The summed E-state index contributed by atoms with van der Waals surface area (Å²) in [6.45, 7) is 6.27. The van der Waals surface area contributed by atoms with Crippen LogP contribution >= 0.6 is 0 Å². The number of fused-ring (bicyclic) bond motifs is 1. The van der Waals surface area contributed by atoms with E-state index in [0.717, 1.165) is 17.1 Å². The summed E-state index contributed by atoms with van der Waals surface area (Å²) in [6.07, 6.45) is 0.298. The van der Waals surface area contributed by atoms with E-state index in [2.05, 4.69) is 19.2 Å². The molecule has 2 amide bonds. The number of rotatable bonds is 4. The molecule has 0 saturated carbocycles. The molecule has 0 bridgehead atoms. The van der Waals surface area contributed by atoms with Gasteiger partial charge >= 0.3 is 0 Å². The van der Waals surface area contributed by atoms with E-state index < -0.39 is 0 Å². The van der Waals surface area contributed by atoms with Crippen LogP contribution in [0, 0.1) is 5.92 Å². The Bertz CT molecular complexity index is 656. The molecular formula is C18H24N2O4. The van der Waals surface area contributed by atoms with Gasteiger partial charge < -0.3 is 19.7 Å². The summed E-state index contributed by atoms with van der Waals surface area (Å²) in [4.78, 5) is 25.5. The molecule has 2 heterocycles. The molecule has 0 radical (unpaired) electrons. The van der Waals surface area contributed by atoms with Gasteiger partial charge in [0.1, 0.15) is 13.2 Å². The van der Waals surface area contributed by atoms with Crippen LogP contribution in [0.4, 0.5) is 0 Å². The molecule has 6 heteroatoms. The van der Waals surface area contributed by atoms with Crippen molar-refractivity contribution in [2.45, 2.75) is 25.7 Å². The zero-order valence-corrected chi connectivity index (χ0v) is 14.4. The maximum atomic E-state index is 12.3. The number of benzene rings is 1. The van der Waals surface area contributed by atoms with Crippen molar-refractivity contribution in [1.82, 2.24) is 10.2 Å². The van der Waals surface area contributed by atoms with Gasteiger partial charge in [0.15, 0.2) is 11.5 Å². The predicted molar refractivity (Wildman–Crippen MR) is 89.2 cm³/mol. The molecule has 1 N–H and O–H groups in total. The van der Waals surface area contributed by atoms with E-state index in [1.165, 1.54) is 0 Å². The van der Waals surface area contributed by atoms with E-state index in [9.17, 15) is 9.59 Å². The molecule has 0 spiro atoms. The smallest absolute Gasteiger partial charge is 0.225 e. The molecule has 6 nitrogen and oxygen atoms in total. The number of carbonyl (C=O) groups excluding carboxylic acids is 2. The minimum atomic E-state index is -0.251. The lowest BCUT2D eigenvalue weighted by Gasteiger charge is -2.28. The fraction of sp³-hybridized carbons (Fsp3) is 0.556. The Morgan fingerprint density at radius 1 is 1.29 bits per heavy atom. The lowest BCUT2D eigenvalue weighted by Crippen LogP contribution is -2.40. The van der Waals surface area contributed by atoms with Gasteiger partial charge in [0.05, 0.1) is 5.92 Å². The summed E-state index contributed by atoms with van der Waals surface area (Å²) in [7, 11) is 1.73. The van der Waals surface area contributed by atoms with Crippen LogP contribution in [-0.4, -0.2) is 50.1 Å². The standard InChI is InChI=1S/C18H24N2O4/c1-18(2,11-19-17(22)12-8-16(21)20(3)10-12)13-4-5-14-15(9-13)24-7-6-23-14/h4-5,9,12H,6-8,10-11H2,1-3H3,(H,19,22). The van der Waals surface area contributed by atoms with E-state index in [0.29, 0.717) is 32.7 Å². The Kier molecular flexibility index (Phi) is 4.39. The Morgan fingerprint density at radius 3 is 2.67 bits per heavy atom. The maximum Gasteiger partial charge on any atom is 0.225 e. The zero-order chi connectivity index (χ0) is 17.3. The van der Waals surface area contributed by atoms with E-state index in [1.807, 2.05) is 18.2 Å². The number of carbonyl (C=O) groups is 2. The van der Waals surface area contributed by atoms with Crippen molar-refractivity contribution in [3.63, 3.8) is 0 Å². The van der Waals surface area contributed by atoms with Crippen molar-refractivity contribution in [2.75, 3.05) is 33.4 Å². The number of ether oxygens (including phenoxy) is 2. The second kappa shape index (κ2) is 6.34. The third-order valence-corrected chi connectivity index (χ3v) is 4.74. The van der Waals surface area contributed by atoms with Crippen LogP contribution in [0.3, 0.4) is 0 Å². The molecule has 3 rings (SSSR count). The molecule has 0 aliphatic carbocycles. The van der Waals surface area contributed by atoms with Crippen LogP contribution in [-0.2, 0) is 15.0 Å². The van der Waals surface area contributed by atoms with Crippen molar-refractivity contribution in [3.05, 3.63) is 23.8 Å². The summed E-state index contributed by atoms with van der Waals surface area (Å²) in [5.41, 5.74) is 0.826. The van der Waals surface area contributed by atoms with E-state index >= 15 is 0 Å². The minimum absolute atomic E-state index is 0.0289. The maximum absolute atomic E-state index is 12.3. The highest BCUT2D eigenvalue weighted by Crippen LogP contribution is 2.35. The van der Waals surface area contributed by atoms with Gasteiger partial charge in [-0.05, 0) is 17.7 Å². The van der Waals surface area contributed by atoms with Gasteiger partial charge in [0, 0.05) is 32.0 Å². The van der Waals surface area contributed by atoms with Gasteiger partial charge in [-0.2, -0.15) is 0 Å². The Hall–Kier alpha value is -2.24. The third kappa shape index (κ3) is 3.32. The summed E-state index contributed by atoms with van der Waals surface area (Å²) in [5.74, 6) is 1.23. The normalized spacial score (nSPS) is 20.2. The molecular weight excluding hydrogens is 308 g/mol. The molecule has 1 fully saturated rings. The van der Waals surface area contributed by atoms with Crippen molar-refractivity contribution in [1.29, 1.82) is 0 Å². The second-order valence-electron chi connectivity index (χ2n) is 7.14. The zero-order valence-electron chi connectivity index (χ0n) is 14.4. The fourth-order valence-corrected chi connectivity index (χ4v) is 3.06. The number of hydrogen-bond acceptors (Lipinski definition) is 4. The lowest BCUT2D eigenvalue weighted by molar-refractivity contribution is -0.128. The number of hydrogen-bond donors (Lipinski definition) is 1. The van der Waals surface area contributed by atoms with E-state index in [-0.39, 0.29) is 23.1 Å². The number of nitrogens with zero attached hydrogens (tertiary/aromatic N) is 1. The lowest BCUT2D eigenvalue weighted by atomic mass is 9.84. The number of amides is 2. The average molecular weight is 332 g/mol. The van der Waals surface area contributed by atoms with Crippen LogP contribution in [0.5, 0.6) is 11.5 Å². The quantitative estimate of drug-likeness (QED) is 0.903. The van der Waals surface area contributed by atoms with Crippen LogP contribution in [0.15, 0.2) is 18.2 Å². The minimum Gasteiger partial charge on any atom is -0.486 e. The second-order valence-corrected chi connectivity index (χ2v) is 7.14. The van der Waals surface area contributed by atoms with E-state index in [4.69, 9.17) is 9.47 Å². The first-order valence-corrected chi connectivity index (χ1v) is 8.28. The molecule has 1 atom stereocenters. The van der Waals surface area contributed by atoms with Crippen LogP contribution in [0.1, 0.15) is 25.8 Å². The highest BCUT2D eigenvalue weighted by molar-refractivity contribution is 5.89. The molecule has 1 aromatic carbocycles. The first-order valence-electron chi connectivity index (χ1n) is 8.28. The molecule has 130 valence electrons. The highest BCUT2D eigenvalue weighted by Gasteiger charge is 2.33. The molecule has 24 heavy (non-hydrogen) atoms. The molecule has 1 aromatic rings. The summed E-state index contributed by atoms with van der Waals surface area (Å²) in [6, 6.07) is 5.90. The van der Waals surface area contributed by atoms with Crippen molar-refractivity contribution >= 4 is 11.8 Å². The fourth-order valence-electron chi connectivity index (χ4n) is 3.06. The third-order valence-electron chi connectivity index (χ3n) is 4.74. The van der Waals surface area contributed by atoms with Crippen LogP contribution < -0.4 is 14.8 Å². The molecule has 1 unspecified atom stereocenters. The van der Waals surface area contributed by atoms with E-state index in [1.54, 1.807) is 11.9 Å². The van der Waals surface area contributed by atoms with Crippen LogP contribution in [0.2, 0.25) is 0 Å². The summed E-state index contributed by atoms with van der Waals surface area (Å²) in [5, 5.41) is 2.99. The first-order chi connectivity index (χ1) is 11.4. The SMILES string of the molecule is CN1CC(C(=O)NCC(C)(C)c2ccc3c(c2)OCCO3)CC1=O. The highest BCUT2D eigenvalue weighted by atomic mass is 16.6. The van der Waals surface area contributed by atoms with Crippen molar-refractivity contribution < 1.29 is 19.1 Å². The van der Waals surface area contributed by atoms with Crippen molar-refractivity contribution in [3.8, 4) is 11.5 Å². The molecule has 1 saturated heterocycles. The Balaban J connectivity index is 1.63. The van der Waals surface area contributed by atoms with Gasteiger partial charge in [-0.1, -0.05) is 19.9 Å². The number of nitrogens with one attached hydrogen (secondary N) is 1.